The number of methoxy groups -OCH3 is 1. The third kappa shape index (κ3) is 3.43. The van der Waals surface area contributed by atoms with Crippen molar-refractivity contribution in [2.24, 2.45) is 0 Å². The van der Waals surface area contributed by atoms with Crippen molar-refractivity contribution in [3.63, 3.8) is 0 Å². The van der Waals surface area contributed by atoms with E-state index in [9.17, 15) is 4.79 Å². The summed E-state index contributed by atoms with van der Waals surface area (Å²) in [5, 5.41) is 9.14. The fourth-order valence-electron chi connectivity index (χ4n) is 2.78. The lowest BCUT2D eigenvalue weighted by Gasteiger charge is -2.07. The Hall–Kier alpha value is -2.65. The van der Waals surface area contributed by atoms with Gasteiger partial charge in [-0.2, -0.15) is 0 Å². The van der Waals surface area contributed by atoms with Crippen LogP contribution in [-0.2, 0) is 0 Å². The SMILES string of the molecule is COc1ccc(-c2nnc(SC(C)c3nc4sc(C)c(C)c4c(=O)[nH]3)o2)cc1. The van der Waals surface area contributed by atoms with Gasteiger partial charge in [0.1, 0.15) is 16.4 Å². The van der Waals surface area contributed by atoms with Crippen molar-refractivity contribution >= 4 is 33.3 Å². The quantitative estimate of drug-likeness (QED) is 0.480. The van der Waals surface area contributed by atoms with E-state index in [-0.39, 0.29) is 10.8 Å². The fourth-order valence-corrected chi connectivity index (χ4v) is 4.56. The first kappa shape index (κ1) is 18.7. The van der Waals surface area contributed by atoms with Crippen LogP contribution in [0.4, 0.5) is 0 Å². The normalized spacial score (nSPS) is 12.4. The van der Waals surface area contributed by atoms with E-state index < -0.39 is 0 Å². The number of rotatable bonds is 5. The summed E-state index contributed by atoms with van der Waals surface area (Å²) in [6.07, 6.45) is 0. The van der Waals surface area contributed by atoms with Gasteiger partial charge in [0.15, 0.2) is 0 Å². The molecular weight excluding hydrogens is 396 g/mol. The highest BCUT2D eigenvalue weighted by Crippen LogP contribution is 2.35. The molecule has 0 amide bonds. The topological polar surface area (TPSA) is 93.9 Å². The highest BCUT2D eigenvalue weighted by molar-refractivity contribution is 7.99. The molecule has 0 spiro atoms. The average molecular weight is 415 g/mol. The molecular formula is C19H18N4O3S2. The van der Waals surface area contributed by atoms with Crippen LogP contribution in [0.1, 0.15) is 28.4 Å². The molecule has 0 fully saturated rings. The molecule has 1 unspecified atom stereocenters. The summed E-state index contributed by atoms with van der Waals surface area (Å²) in [5.41, 5.74) is 1.69. The number of nitrogens with zero attached hydrogens (tertiary/aromatic N) is 3. The zero-order chi connectivity index (χ0) is 19.8. The van der Waals surface area contributed by atoms with Crippen LogP contribution in [-0.4, -0.2) is 27.3 Å². The van der Waals surface area contributed by atoms with Crippen LogP contribution in [0.3, 0.4) is 0 Å². The molecule has 0 radical (unpaired) electrons. The fraction of sp³-hybridized carbons (Fsp3) is 0.263. The molecule has 1 aromatic carbocycles. The number of ether oxygens (including phenoxy) is 1. The Balaban J connectivity index is 1.57. The maximum atomic E-state index is 12.5. The van der Waals surface area contributed by atoms with E-state index in [2.05, 4.69) is 20.2 Å². The van der Waals surface area contributed by atoms with E-state index in [1.807, 2.05) is 45.0 Å². The number of hydrogen-bond acceptors (Lipinski definition) is 8. The molecule has 1 atom stereocenters. The molecule has 4 aromatic rings. The van der Waals surface area contributed by atoms with Gasteiger partial charge in [0.05, 0.1) is 17.7 Å². The number of aryl methyl sites for hydroxylation is 2. The lowest BCUT2D eigenvalue weighted by atomic mass is 10.2. The van der Waals surface area contributed by atoms with Crippen LogP contribution in [0.15, 0.2) is 38.7 Å². The van der Waals surface area contributed by atoms with Gasteiger partial charge in [-0.15, -0.1) is 21.5 Å². The lowest BCUT2D eigenvalue weighted by molar-refractivity contribution is 0.414. The second-order valence-electron chi connectivity index (χ2n) is 6.28. The van der Waals surface area contributed by atoms with Gasteiger partial charge in [0, 0.05) is 10.4 Å². The molecule has 144 valence electrons. The first-order valence-electron chi connectivity index (χ1n) is 8.60. The maximum absolute atomic E-state index is 12.5. The molecule has 3 aromatic heterocycles. The Morgan fingerprint density at radius 1 is 1.21 bits per heavy atom. The molecule has 0 saturated carbocycles. The Bertz CT molecular complexity index is 1190. The first-order chi connectivity index (χ1) is 13.5. The lowest BCUT2D eigenvalue weighted by Crippen LogP contribution is -2.12. The van der Waals surface area contributed by atoms with Crippen molar-refractivity contribution < 1.29 is 9.15 Å². The number of thiophene rings is 1. The van der Waals surface area contributed by atoms with Crippen LogP contribution in [0.25, 0.3) is 21.7 Å². The van der Waals surface area contributed by atoms with Gasteiger partial charge in [0.25, 0.3) is 10.8 Å². The summed E-state index contributed by atoms with van der Waals surface area (Å²) < 4.78 is 10.9. The van der Waals surface area contributed by atoms with Crippen molar-refractivity contribution in [1.82, 2.24) is 20.2 Å². The number of thioether (sulfide) groups is 1. The summed E-state index contributed by atoms with van der Waals surface area (Å²) in [6.45, 7) is 5.89. The second kappa shape index (κ2) is 7.40. The predicted octanol–water partition coefficient (Wildman–Crippen LogP) is 4.51. The smallest absolute Gasteiger partial charge is 0.277 e. The number of nitrogens with one attached hydrogen (secondary N) is 1. The third-order valence-corrected chi connectivity index (χ3v) is 6.51. The van der Waals surface area contributed by atoms with E-state index in [0.717, 1.165) is 26.6 Å². The predicted molar refractivity (Wildman–Crippen MR) is 110 cm³/mol. The highest BCUT2D eigenvalue weighted by Gasteiger charge is 2.19. The number of aromatic nitrogens is 4. The van der Waals surface area contributed by atoms with Gasteiger partial charge in [-0.1, -0.05) is 11.8 Å². The van der Waals surface area contributed by atoms with Crippen LogP contribution < -0.4 is 10.3 Å². The minimum Gasteiger partial charge on any atom is -0.497 e. The number of H-pyrrole nitrogens is 1. The Morgan fingerprint density at radius 3 is 2.68 bits per heavy atom. The standard InChI is InChI=1S/C19H18N4O3S2/c1-9-10(2)27-18-14(9)16(24)20-15(21-18)11(3)28-19-23-22-17(26-19)12-5-7-13(25-4)8-6-12/h5-8,11H,1-4H3,(H,20,21,24). The van der Waals surface area contributed by atoms with Crippen LogP contribution in [0.2, 0.25) is 0 Å². The molecule has 0 bridgehead atoms. The molecule has 4 rings (SSSR count). The van der Waals surface area contributed by atoms with Crippen molar-refractivity contribution in [2.75, 3.05) is 7.11 Å². The number of hydrogen-bond donors (Lipinski definition) is 1. The zero-order valence-electron chi connectivity index (χ0n) is 15.8. The highest BCUT2D eigenvalue weighted by atomic mass is 32.2. The summed E-state index contributed by atoms with van der Waals surface area (Å²) in [5.74, 6) is 1.78. The van der Waals surface area contributed by atoms with E-state index in [4.69, 9.17) is 9.15 Å². The molecule has 28 heavy (non-hydrogen) atoms. The summed E-state index contributed by atoms with van der Waals surface area (Å²) in [6, 6.07) is 7.39. The largest absolute Gasteiger partial charge is 0.497 e. The van der Waals surface area contributed by atoms with Crippen molar-refractivity contribution in [1.29, 1.82) is 0 Å². The van der Waals surface area contributed by atoms with E-state index in [1.165, 1.54) is 23.1 Å². The Kier molecular flexibility index (Phi) is 4.94. The van der Waals surface area contributed by atoms with E-state index in [0.29, 0.717) is 22.3 Å². The van der Waals surface area contributed by atoms with Crippen LogP contribution >= 0.6 is 23.1 Å². The summed E-state index contributed by atoms with van der Waals surface area (Å²) in [4.78, 5) is 21.9. The minimum absolute atomic E-state index is 0.112. The molecule has 0 saturated heterocycles. The molecule has 0 aliphatic carbocycles. The zero-order valence-corrected chi connectivity index (χ0v) is 17.4. The average Bonchev–Trinajstić information content (AvgIpc) is 3.26. The Morgan fingerprint density at radius 2 is 1.96 bits per heavy atom. The van der Waals surface area contributed by atoms with Crippen LogP contribution in [0, 0.1) is 13.8 Å². The summed E-state index contributed by atoms with van der Waals surface area (Å²) >= 11 is 2.89. The summed E-state index contributed by atoms with van der Waals surface area (Å²) in [7, 11) is 1.62. The van der Waals surface area contributed by atoms with Gasteiger partial charge in [-0.25, -0.2) is 4.98 Å². The molecule has 0 aliphatic rings. The van der Waals surface area contributed by atoms with Gasteiger partial charge < -0.3 is 14.1 Å². The molecule has 7 nitrogen and oxygen atoms in total. The van der Waals surface area contributed by atoms with Gasteiger partial charge in [-0.3, -0.25) is 4.79 Å². The maximum Gasteiger partial charge on any atom is 0.277 e. The van der Waals surface area contributed by atoms with Crippen molar-refractivity contribution in [2.45, 2.75) is 31.2 Å². The molecule has 1 N–H and O–H groups in total. The number of benzene rings is 1. The number of aromatic amines is 1. The second-order valence-corrected chi connectivity index (χ2v) is 8.77. The monoisotopic (exact) mass is 414 g/mol. The van der Waals surface area contributed by atoms with Gasteiger partial charge in [0.2, 0.25) is 5.89 Å². The minimum atomic E-state index is -0.149. The van der Waals surface area contributed by atoms with E-state index >= 15 is 0 Å². The molecule has 3 heterocycles. The molecule has 9 heteroatoms. The van der Waals surface area contributed by atoms with E-state index in [1.54, 1.807) is 7.11 Å². The van der Waals surface area contributed by atoms with Crippen LogP contribution in [0.5, 0.6) is 5.75 Å². The van der Waals surface area contributed by atoms with Crippen molar-refractivity contribution in [3.8, 4) is 17.2 Å². The Labute approximate surface area is 169 Å². The first-order valence-corrected chi connectivity index (χ1v) is 10.3. The molecule has 0 aliphatic heterocycles. The van der Waals surface area contributed by atoms with Crippen molar-refractivity contribution in [3.05, 3.63) is 50.9 Å². The van der Waals surface area contributed by atoms with Gasteiger partial charge >= 0.3 is 0 Å². The third-order valence-electron chi connectivity index (χ3n) is 4.46. The number of fused-ring (bicyclic) bond motifs is 1. The van der Waals surface area contributed by atoms with Gasteiger partial charge in [-0.05, 0) is 50.6 Å².